The lowest BCUT2D eigenvalue weighted by molar-refractivity contribution is 0.494. The molecule has 0 heteroatoms. The summed E-state index contributed by atoms with van der Waals surface area (Å²) >= 11 is 0. The molecule has 9 aromatic rings. The van der Waals surface area contributed by atoms with Gasteiger partial charge in [0.25, 0.3) is 0 Å². The molecule has 0 amide bonds. The zero-order valence-corrected chi connectivity index (χ0v) is 36.0. The van der Waals surface area contributed by atoms with Gasteiger partial charge in [0.05, 0.1) is 0 Å². The van der Waals surface area contributed by atoms with Crippen molar-refractivity contribution in [2.24, 2.45) is 0 Å². The fraction of sp³-hybridized carbons (Fsp3) is 0.161. The van der Waals surface area contributed by atoms with Gasteiger partial charge in [0.2, 0.25) is 0 Å². The lowest BCUT2D eigenvalue weighted by Gasteiger charge is -2.40. The molecule has 0 radical (unpaired) electrons. The molecule has 0 N–H and O–H groups in total. The number of benzene rings is 9. The van der Waals surface area contributed by atoms with Crippen LogP contribution in [-0.2, 0) is 10.8 Å². The third-order valence-electron chi connectivity index (χ3n) is 15.4. The maximum Gasteiger partial charge on any atom is 0.0352 e. The fourth-order valence-corrected chi connectivity index (χ4v) is 12.3. The van der Waals surface area contributed by atoms with E-state index in [9.17, 15) is 0 Å². The summed E-state index contributed by atoms with van der Waals surface area (Å²) in [6.45, 7) is 9.61. The predicted octanol–water partition coefficient (Wildman–Crippen LogP) is 16.2. The van der Waals surface area contributed by atoms with Crippen LogP contribution in [0.25, 0.3) is 55.3 Å². The van der Waals surface area contributed by atoms with Gasteiger partial charge in [-0.1, -0.05) is 198 Å². The molecule has 0 aromatic heterocycles. The van der Waals surface area contributed by atoms with Crippen molar-refractivity contribution in [3.05, 3.63) is 250 Å². The summed E-state index contributed by atoms with van der Waals surface area (Å²) in [5, 5.41) is 2.74. The molecule has 0 saturated heterocycles. The summed E-state index contributed by atoms with van der Waals surface area (Å²) in [7, 11) is 0. The minimum absolute atomic E-state index is 0.0151. The van der Waals surface area contributed by atoms with Gasteiger partial charge < -0.3 is 0 Å². The minimum atomic E-state index is -0.198. The van der Waals surface area contributed by atoms with Gasteiger partial charge in [-0.2, -0.15) is 0 Å². The molecule has 0 heterocycles. The van der Waals surface area contributed by atoms with Crippen molar-refractivity contribution in [1.82, 2.24) is 0 Å². The second-order valence-electron chi connectivity index (χ2n) is 18.6. The second-order valence-corrected chi connectivity index (χ2v) is 18.6. The van der Waals surface area contributed by atoms with Crippen molar-refractivity contribution in [3.8, 4) is 44.5 Å². The zero-order valence-electron chi connectivity index (χ0n) is 36.0. The van der Waals surface area contributed by atoms with Crippen LogP contribution in [0.1, 0.15) is 108 Å². The largest absolute Gasteiger partial charge is 0.0642 e. The van der Waals surface area contributed by atoms with Gasteiger partial charge >= 0.3 is 0 Å². The number of hydrogen-bond acceptors (Lipinski definition) is 0. The second kappa shape index (κ2) is 13.9. The highest BCUT2D eigenvalue weighted by atomic mass is 14.5. The third kappa shape index (κ3) is 5.26. The summed E-state index contributed by atoms with van der Waals surface area (Å²) in [5.41, 5.74) is 24.5. The Morgan fingerprint density at radius 3 is 1.63 bits per heavy atom. The number of fused-ring (bicyclic) bond motifs is 10. The highest BCUT2D eigenvalue weighted by Gasteiger charge is 2.42. The molecular formula is C62H50. The van der Waals surface area contributed by atoms with Gasteiger partial charge in [-0.15, -0.1) is 0 Å². The number of rotatable bonds is 6. The van der Waals surface area contributed by atoms with Crippen molar-refractivity contribution in [2.45, 2.75) is 63.2 Å². The minimum Gasteiger partial charge on any atom is -0.0642 e. The lowest BCUT2D eigenvalue weighted by Crippen LogP contribution is -2.30. The summed E-state index contributed by atoms with van der Waals surface area (Å²) in [4.78, 5) is 0. The van der Waals surface area contributed by atoms with E-state index < -0.39 is 0 Å². The molecule has 0 aliphatic heterocycles. The van der Waals surface area contributed by atoms with Gasteiger partial charge in [-0.3, -0.25) is 0 Å². The zero-order chi connectivity index (χ0) is 41.7. The number of hydrogen-bond donors (Lipinski definition) is 0. The van der Waals surface area contributed by atoms with Gasteiger partial charge in [-0.05, 0) is 148 Å². The van der Waals surface area contributed by atoms with E-state index in [4.69, 9.17) is 0 Å². The molecule has 2 atom stereocenters. The quantitative estimate of drug-likeness (QED) is 0.157. The molecule has 0 nitrogen and oxygen atoms in total. The van der Waals surface area contributed by atoms with E-state index in [0.717, 1.165) is 12.8 Å². The highest BCUT2D eigenvalue weighted by Crippen LogP contribution is 2.57. The highest BCUT2D eigenvalue weighted by molar-refractivity contribution is 5.98. The smallest absolute Gasteiger partial charge is 0.0352 e. The molecule has 0 spiro atoms. The summed E-state index contributed by atoms with van der Waals surface area (Å²) in [5.74, 6) is 0.333. The van der Waals surface area contributed by atoms with E-state index in [0.29, 0.717) is 0 Å². The van der Waals surface area contributed by atoms with Gasteiger partial charge in [0.1, 0.15) is 0 Å². The first kappa shape index (κ1) is 37.0. The van der Waals surface area contributed by atoms with E-state index in [1.165, 1.54) is 111 Å². The molecule has 3 aliphatic carbocycles. The van der Waals surface area contributed by atoms with Crippen molar-refractivity contribution >= 4 is 10.8 Å². The Kier molecular flexibility index (Phi) is 8.29. The van der Waals surface area contributed by atoms with E-state index >= 15 is 0 Å². The molecule has 2 unspecified atom stereocenters. The Balaban J connectivity index is 0.985. The van der Waals surface area contributed by atoms with Crippen LogP contribution in [0.4, 0.5) is 0 Å². The third-order valence-corrected chi connectivity index (χ3v) is 15.4. The maximum atomic E-state index is 2.56. The van der Waals surface area contributed by atoms with Crippen LogP contribution >= 0.6 is 0 Å². The molecule has 298 valence electrons. The molecule has 9 aromatic carbocycles. The topological polar surface area (TPSA) is 0 Å². The molecule has 12 rings (SSSR count). The lowest BCUT2D eigenvalue weighted by atomic mass is 9.63. The summed E-state index contributed by atoms with van der Waals surface area (Å²) in [6.07, 6.45) is 2.17. The van der Waals surface area contributed by atoms with Gasteiger partial charge in [0, 0.05) is 22.7 Å². The first-order valence-electron chi connectivity index (χ1n) is 22.7. The van der Waals surface area contributed by atoms with Crippen molar-refractivity contribution in [3.63, 3.8) is 0 Å². The Morgan fingerprint density at radius 2 is 0.919 bits per heavy atom. The van der Waals surface area contributed by atoms with Crippen LogP contribution in [0.15, 0.2) is 194 Å². The van der Waals surface area contributed by atoms with E-state index in [2.05, 4.69) is 222 Å². The van der Waals surface area contributed by atoms with E-state index in [1.807, 2.05) is 0 Å². The SMILES string of the molecule is CCC1(CC)c2ccccc2-c2ccc3ccc(C4c5ccccc5-c5cc(-c6ccc7c(c6)C(C)(C)c6cc(-c8ccccc8)ccc6C7c6ccccc6)ccc54)cc3c21. The van der Waals surface area contributed by atoms with Crippen molar-refractivity contribution in [2.75, 3.05) is 0 Å². The molecule has 0 saturated carbocycles. The van der Waals surface area contributed by atoms with Crippen LogP contribution < -0.4 is 0 Å². The van der Waals surface area contributed by atoms with Crippen LogP contribution in [0.2, 0.25) is 0 Å². The Hall–Kier alpha value is -6.76. The van der Waals surface area contributed by atoms with E-state index in [-0.39, 0.29) is 22.7 Å². The molecule has 0 fully saturated rings. The van der Waals surface area contributed by atoms with Gasteiger partial charge in [0.15, 0.2) is 0 Å². The normalized spacial score (nSPS) is 17.1. The van der Waals surface area contributed by atoms with Crippen LogP contribution in [0.3, 0.4) is 0 Å². The monoisotopic (exact) mass is 794 g/mol. The maximum absolute atomic E-state index is 2.56. The average molecular weight is 795 g/mol. The Morgan fingerprint density at radius 1 is 0.371 bits per heavy atom. The Labute approximate surface area is 366 Å². The Bertz CT molecular complexity index is 3230. The fourth-order valence-electron chi connectivity index (χ4n) is 12.3. The van der Waals surface area contributed by atoms with Crippen LogP contribution in [0.5, 0.6) is 0 Å². The summed E-state index contributed by atoms with van der Waals surface area (Å²) < 4.78 is 0. The predicted molar refractivity (Wildman–Crippen MR) is 260 cm³/mol. The summed E-state index contributed by atoms with van der Waals surface area (Å²) in [6, 6.07) is 74.1. The van der Waals surface area contributed by atoms with Crippen LogP contribution in [-0.4, -0.2) is 0 Å². The first-order chi connectivity index (χ1) is 30.4. The van der Waals surface area contributed by atoms with Crippen LogP contribution in [0, 0.1) is 0 Å². The molecular weight excluding hydrogens is 745 g/mol. The first-order valence-corrected chi connectivity index (χ1v) is 22.7. The van der Waals surface area contributed by atoms with Gasteiger partial charge in [-0.25, -0.2) is 0 Å². The molecule has 62 heavy (non-hydrogen) atoms. The average Bonchev–Trinajstić information content (AvgIpc) is 3.82. The molecule has 0 bridgehead atoms. The molecule has 3 aliphatic rings. The standard InChI is InChI=1S/C62H50/c1-5-62(6-2)55-24-16-15-22-47(55)50-32-27-40-25-26-45(36-53(40)60(50)62)59-48-23-14-13-21-46(48)54-35-42(28-31-49(54)59)44-30-34-52-57(38-44)61(3,4)56-37-43(39-17-9-7-10-18-39)29-33-51(56)58(52)41-19-11-8-12-20-41/h7-38,58-59H,5-6H2,1-4H3. The van der Waals surface area contributed by atoms with E-state index in [1.54, 1.807) is 0 Å². The van der Waals surface area contributed by atoms with Crippen molar-refractivity contribution < 1.29 is 0 Å². The van der Waals surface area contributed by atoms with Crippen molar-refractivity contribution in [1.29, 1.82) is 0 Å².